The molecule has 0 radical (unpaired) electrons. The topological polar surface area (TPSA) is 64.1 Å². The van der Waals surface area contributed by atoms with Gasteiger partial charge in [-0.25, -0.2) is 4.98 Å². The Bertz CT molecular complexity index is 3100. The van der Waals surface area contributed by atoms with Crippen LogP contribution in [0.25, 0.3) is 94.3 Å². The Kier molecular flexibility index (Phi) is 8.71. The monoisotopic (exact) mass is 905 g/mol. The number of rotatable bonds is 5. The number of phenolic OH excluding ortho intramolecular Hbond substituents is 1. The van der Waals surface area contributed by atoms with Crippen LogP contribution < -0.4 is 0 Å². The van der Waals surface area contributed by atoms with E-state index in [-0.39, 0.29) is 32.2 Å². The zero-order valence-electron chi connectivity index (χ0n) is 31.0. The number of furan rings is 1. The number of nitrogens with zero attached hydrogens (tertiary/aromatic N) is 3. The van der Waals surface area contributed by atoms with E-state index in [0.717, 1.165) is 77.6 Å². The molecule has 0 amide bonds. The molecule has 10 rings (SSSR count). The molecular formula is C50H36N3O2Pt-. The van der Waals surface area contributed by atoms with Gasteiger partial charge in [-0.1, -0.05) is 123 Å². The molecule has 0 aliphatic heterocycles. The summed E-state index contributed by atoms with van der Waals surface area (Å²) in [5.41, 5.74) is 11.8. The SMILES string of the molecule is CC(C)(C)c1ccc(-n2c(-c3ccccc3O)nc3c(-c4[c-]c(-c5cc6c(cn5)oc5cc7ccccc7cc56)ccc4)cccc32)c(-c2ccccc2)c1.[Pt]. The van der Waals surface area contributed by atoms with Crippen molar-refractivity contribution in [2.45, 2.75) is 26.2 Å². The number of hydrogen-bond acceptors (Lipinski definition) is 4. The third-order valence-corrected chi connectivity index (χ3v) is 10.6. The Morgan fingerprint density at radius 3 is 2.12 bits per heavy atom. The molecule has 0 saturated carbocycles. The largest absolute Gasteiger partial charge is 0.507 e. The Balaban J connectivity index is 0.00000410. The van der Waals surface area contributed by atoms with Gasteiger partial charge in [-0.15, -0.1) is 29.8 Å². The van der Waals surface area contributed by atoms with Crippen molar-refractivity contribution in [3.05, 3.63) is 169 Å². The maximum atomic E-state index is 11.3. The zero-order valence-corrected chi connectivity index (χ0v) is 33.3. The summed E-state index contributed by atoms with van der Waals surface area (Å²) in [4.78, 5) is 10.2. The summed E-state index contributed by atoms with van der Waals surface area (Å²) in [7, 11) is 0. The van der Waals surface area contributed by atoms with Crippen LogP contribution in [0.3, 0.4) is 0 Å². The summed E-state index contributed by atoms with van der Waals surface area (Å²) in [5, 5.41) is 15.6. The van der Waals surface area contributed by atoms with Crippen LogP contribution in [0, 0.1) is 6.07 Å². The fraction of sp³-hybridized carbons (Fsp3) is 0.0800. The maximum absolute atomic E-state index is 11.3. The second kappa shape index (κ2) is 13.8. The van der Waals surface area contributed by atoms with Crippen molar-refractivity contribution in [1.82, 2.24) is 14.5 Å². The van der Waals surface area contributed by atoms with Gasteiger partial charge in [-0.2, -0.15) is 0 Å². The van der Waals surface area contributed by atoms with Gasteiger partial charge in [-0.3, -0.25) is 9.55 Å². The maximum Gasteiger partial charge on any atom is 0.152 e. The van der Waals surface area contributed by atoms with Gasteiger partial charge in [-0.05, 0) is 69.8 Å². The summed E-state index contributed by atoms with van der Waals surface area (Å²) in [6, 6.07) is 55.5. The molecule has 0 spiro atoms. The fourth-order valence-electron chi connectivity index (χ4n) is 7.74. The molecule has 0 atom stereocenters. The van der Waals surface area contributed by atoms with Crippen molar-refractivity contribution in [3.63, 3.8) is 0 Å². The van der Waals surface area contributed by atoms with E-state index in [9.17, 15) is 5.11 Å². The van der Waals surface area contributed by atoms with Crippen molar-refractivity contribution < 1.29 is 30.6 Å². The molecule has 56 heavy (non-hydrogen) atoms. The molecule has 0 bridgehead atoms. The van der Waals surface area contributed by atoms with Gasteiger partial charge in [0.2, 0.25) is 0 Å². The van der Waals surface area contributed by atoms with E-state index >= 15 is 0 Å². The standard InChI is InChI=1S/C50H36N3O2.Pt/c1-50(2,3)36-23-24-43(39(28-36)31-13-5-4-6-14-31)53-44-21-12-20-37(48(44)52-49(53)38-19-9-10-22-45(38)54)34-17-11-18-35(25-34)42-29-41-40-26-32-15-7-8-16-33(32)27-46(40)55-47(41)30-51-42;/h4-24,26-30,54H,1-3H3;/q-1;. The third kappa shape index (κ3) is 6.00. The number of para-hydroxylation sites is 2. The molecule has 7 aromatic carbocycles. The van der Waals surface area contributed by atoms with Gasteiger partial charge in [0, 0.05) is 43.1 Å². The second-order valence-electron chi connectivity index (χ2n) is 15.2. The number of fused-ring (bicyclic) bond motifs is 5. The van der Waals surface area contributed by atoms with E-state index in [2.05, 4.69) is 135 Å². The molecule has 3 heterocycles. The first-order chi connectivity index (χ1) is 26.8. The average Bonchev–Trinajstić information content (AvgIpc) is 3.77. The Hall–Kier alpha value is -6.29. The summed E-state index contributed by atoms with van der Waals surface area (Å²) >= 11 is 0. The number of imidazole rings is 1. The minimum Gasteiger partial charge on any atom is -0.507 e. The predicted molar refractivity (Wildman–Crippen MR) is 225 cm³/mol. The number of benzene rings is 7. The van der Waals surface area contributed by atoms with Crippen LogP contribution in [0.5, 0.6) is 5.75 Å². The van der Waals surface area contributed by atoms with E-state index in [1.807, 2.05) is 48.7 Å². The number of hydrogen-bond donors (Lipinski definition) is 1. The summed E-state index contributed by atoms with van der Waals surface area (Å²) in [6.07, 6.45) is 1.81. The predicted octanol–water partition coefficient (Wildman–Crippen LogP) is 12.9. The summed E-state index contributed by atoms with van der Waals surface area (Å²) in [5.74, 6) is 0.826. The number of pyridine rings is 1. The molecule has 1 N–H and O–H groups in total. The van der Waals surface area contributed by atoms with Crippen LogP contribution in [0.15, 0.2) is 162 Å². The fourth-order valence-corrected chi connectivity index (χ4v) is 7.74. The van der Waals surface area contributed by atoms with Crippen LogP contribution in [0.2, 0.25) is 0 Å². The number of phenols is 1. The molecule has 0 unspecified atom stereocenters. The molecule has 0 aliphatic rings. The van der Waals surface area contributed by atoms with Crippen LogP contribution >= 0.6 is 0 Å². The first-order valence-electron chi connectivity index (χ1n) is 18.5. The van der Waals surface area contributed by atoms with Crippen LogP contribution in [0.1, 0.15) is 26.3 Å². The molecule has 5 nitrogen and oxygen atoms in total. The van der Waals surface area contributed by atoms with Gasteiger partial charge in [0.15, 0.2) is 5.58 Å². The minimum atomic E-state index is -0.0495. The van der Waals surface area contributed by atoms with Crippen molar-refractivity contribution in [2.24, 2.45) is 0 Å². The number of aromatic hydroxyl groups is 1. The van der Waals surface area contributed by atoms with Gasteiger partial charge < -0.3 is 9.52 Å². The molecule has 6 heteroatoms. The Morgan fingerprint density at radius 1 is 0.625 bits per heavy atom. The molecule has 0 saturated heterocycles. The van der Waals surface area contributed by atoms with E-state index in [4.69, 9.17) is 14.4 Å². The molecular weight excluding hydrogens is 870 g/mol. The van der Waals surface area contributed by atoms with Crippen molar-refractivity contribution in [2.75, 3.05) is 0 Å². The number of aromatic nitrogens is 3. The molecule has 10 aromatic rings. The quantitative estimate of drug-likeness (QED) is 0.175. The first-order valence-corrected chi connectivity index (χ1v) is 18.5. The summed E-state index contributed by atoms with van der Waals surface area (Å²) < 4.78 is 8.44. The van der Waals surface area contributed by atoms with E-state index in [1.54, 1.807) is 6.07 Å². The smallest absolute Gasteiger partial charge is 0.152 e. The van der Waals surface area contributed by atoms with Crippen molar-refractivity contribution >= 4 is 43.7 Å². The molecule has 274 valence electrons. The summed E-state index contributed by atoms with van der Waals surface area (Å²) in [6.45, 7) is 6.71. The Morgan fingerprint density at radius 2 is 1.32 bits per heavy atom. The normalized spacial score (nSPS) is 11.8. The van der Waals surface area contributed by atoms with Gasteiger partial charge in [0.1, 0.15) is 17.2 Å². The van der Waals surface area contributed by atoms with Gasteiger partial charge >= 0.3 is 0 Å². The molecule has 3 aromatic heterocycles. The zero-order chi connectivity index (χ0) is 37.3. The molecule has 0 aliphatic carbocycles. The van der Waals surface area contributed by atoms with E-state index in [0.29, 0.717) is 11.4 Å². The minimum absolute atomic E-state index is 0. The second-order valence-corrected chi connectivity index (χ2v) is 15.2. The van der Waals surface area contributed by atoms with E-state index < -0.39 is 0 Å². The van der Waals surface area contributed by atoms with Crippen LogP contribution in [0.4, 0.5) is 0 Å². The van der Waals surface area contributed by atoms with Crippen LogP contribution in [-0.4, -0.2) is 19.6 Å². The van der Waals surface area contributed by atoms with Gasteiger partial charge in [0.05, 0.1) is 28.5 Å². The van der Waals surface area contributed by atoms with E-state index in [1.165, 1.54) is 10.9 Å². The Labute approximate surface area is 339 Å². The average molecular weight is 906 g/mol. The van der Waals surface area contributed by atoms with Crippen molar-refractivity contribution in [1.29, 1.82) is 0 Å². The van der Waals surface area contributed by atoms with Crippen LogP contribution in [-0.2, 0) is 26.5 Å². The first kappa shape index (κ1) is 35.4. The third-order valence-electron chi connectivity index (χ3n) is 10.6. The van der Waals surface area contributed by atoms with Crippen molar-refractivity contribution in [3.8, 4) is 56.3 Å². The van der Waals surface area contributed by atoms with Gasteiger partial charge in [0.25, 0.3) is 0 Å². The molecule has 0 fully saturated rings.